The number of rotatable bonds is 16. The SMILES string of the molecule is C=C/C=C\C(=C/C/C(=C/C=C(\C)C1=N[C@@H](c2cccc3ccccc23)C=C(C(/C=C\C=C)=C2\C=CC=CC2)N1)CC)C/C=C\C(=C/CC)n1c2ccccc2c2ccccc21. The second-order valence-electron chi connectivity index (χ2n) is 15.3. The zero-order valence-electron chi connectivity index (χ0n) is 35.9. The maximum Gasteiger partial charge on any atom is 0.129 e. The van der Waals surface area contributed by atoms with Gasteiger partial charge in [0.25, 0.3) is 0 Å². The van der Waals surface area contributed by atoms with Crippen molar-refractivity contribution < 1.29 is 0 Å². The van der Waals surface area contributed by atoms with Crippen LogP contribution in [-0.4, -0.2) is 10.4 Å². The average Bonchev–Trinajstić information content (AvgIpc) is 3.64. The minimum absolute atomic E-state index is 0.163. The Morgan fingerprint density at radius 2 is 1.48 bits per heavy atom. The third-order valence-electron chi connectivity index (χ3n) is 11.3. The summed E-state index contributed by atoms with van der Waals surface area (Å²) in [5.74, 6) is 0.872. The average molecular weight is 796 g/mol. The number of benzene rings is 4. The number of fused-ring (bicyclic) bond motifs is 4. The molecule has 2 heterocycles. The third kappa shape index (κ3) is 10.1. The van der Waals surface area contributed by atoms with Crippen LogP contribution >= 0.6 is 0 Å². The van der Waals surface area contributed by atoms with E-state index in [4.69, 9.17) is 4.99 Å². The van der Waals surface area contributed by atoms with E-state index in [1.807, 2.05) is 24.3 Å². The largest absolute Gasteiger partial charge is 0.340 e. The van der Waals surface area contributed by atoms with E-state index in [-0.39, 0.29) is 6.04 Å². The molecule has 0 saturated heterocycles. The van der Waals surface area contributed by atoms with E-state index >= 15 is 0 Å². The molecule has 0 radical (unpaired) electrons. The maximum absolute atomic E-state index is 5.37. The van der Waals surface area contributed by atoms with Gasteiger partial charge >= 0.3 is 0 Å². The molecule has 0 saturated carbocycles. The lowest BCUT2D eigenvalue weighted by molar-refractivity contribution is 0.854. The van der Waals surface area contributed by atoms with Gasteiger partial charge in [0.1, 0.15) is 5.84 Å². The fraction of sp³-hybridized carbons (Fsp3) is 0.155. The van der Waals surface area contributed by atoms with E-state index in [2.05, 4.69) is 214 Å². The Morgan fingerprint density at radius 1 is 0.770 bits per heavy atom. The number of nitrogens with one attached hydrogen (secondary N) is 1. The van der Waals surface area contributed by atoms with E-state index in [0.717, 1.165) is 54.8 Å². The third-order valence-corrected chi connectivity index (χ3v) is 11.3. The van der Waals surface area contributed by atoms with E-state index < -0.39 is 0 Å². The maximum atomic E-state index is 5.37. The lowest BCUT2D eigenvalue weighted by atomic mass is 9.93. The first kappa shape index (κ1) is 42.2. The Morgan fingerprint density at radius 3 is 2.18 bits per heavy atom. The van der Waals surface area contributed by atoms with Gasteiger partial charge in [0.2, 0.25) is 0 Å². The van der Waals surface area contributed by atoms with Crippen LogP contribution in [0.25, 0.3) is 38.3 Å². The predicted molar refractivity (Wildman–Crippen MR) is 267 cm³/mol. The molecule has 0 amide bonds. The van der Waals surface area contributed by atoms with Crippen LogP contribution in [0.4, 0.5) is 0 Å². The molecule has 1 aromatic heterocycles. The van der Waals surface area contributed by atoms with Crippen molar-refractivity contribution in [2.75, 3.05) is 0 Å². The van der Waals surface area contributed by atoms with Crippen molar-refractivity contribution in [2.24, 2.45) is 4.99 Å². The van der Waals surface area contributed by atoms with Gasteiger partial charge in [0, 0.05) is 27.7 Å². The summed E-state index contributed by atoms with van der Waals surface area (Å²) in [6, 6.07) is 32.3. The van der Waals surface area contributed by atoms with Crippen LogP contribution in [-0.2, 0) is 0 Å². The molecule has 3 heteroatoms. The van der Waals surface area contributed by atoms with Gasteiger partial charge in [-0.25, -0.2) is 0 Å². The highest BCUT2D eigenvalue weighted by molar-refractivity contribution is 6.10. The Bertz CT molecular complexity index is 2750. The minimum Gasteiger partial charge on any atom is -0.340 e. The van der Waals surface area contributed by atoms with Crippen molar-refractivity contribution in [3.63, 3.8) is 0 Å². The van der Waals surface area contributed by atoms with Crippen LogP contribution in [0.2, 0.25) is 0 Å². The van der Waals surface area contributed by atoms with Crippen molar-refractivity contribution >= 4 is 44.1 Å². The van der Waals surface area contributed by atoms with Crippen LogP contribution in [0, 0.1) is 0 Å². The number of nitrogens with zero attached hydrogens (tertiary/aromatic N) is 2. The normalized spacial score (nSPS) is 17.5. The molecule has 1 N–H and O–H groups in total. The molecule has 4 aromatic carbocycles. The van der Waals surface area contributed by atoms with Crippen LogP contribution in [0.5, 0.6) is 0 Å². The molecule has 304 valence electrons. The summed E-state index contributed by atoms with van der Waals surface area (Å²) in [4.78, 5) is 5.37. The zero-order chi connectivity index (χ0) is 42.4. The molecule has 0 bridgehead atoms. The Labute approximate surface area is 363 Å². The van der Waals surface area contributed by atoms with Crippen molar-refractivity contribution in [3.05, 3.63) is 247 Å². The summed E-state index contributed by atoms with van der Waals surface area (Å²) < 4.78 is 2.40. The van der Waals surface area contributed by atoms with Gasteiger partial charge in [0.15, 0.2) is 0 Å². The van der Waals surface area contributed by atoms with Crippen molar-refractivity contribution in [3.8, 4) is 0 Å². The molecule has 61 heavy (non-hydrogen) atoms. The lowest BCUT2D eigenvalue weighted by Crippen LogP contribution is -2.29. The molecule has 3 nitrogen and oxygen atoms in total. The Hall–Kier alpha value is -6.97. The lowest BCUT2D eigenvalue weighted by Gasteiger charge is -2.26. The first-order chi connectivity index (χ1) is 30.0. The molecule has 7 rings (SSSR count). The highest BCUT2D eigenvalue weighted by Crippen LogP contribution is 2.35. The van der Waals surface area contributed by atoms with E-state index in [0.29, 0.717) is 0 Å². The summed E-state index contributed by atoms with van der Waals surface area (Å²) in [5, 5.41) is 8.74. The van der Waals surface area contributed by atoms with Crippen LogP contribution < -0.4 is 5.32 Å². The van der Waals surface area contributed by atoms with Gasteiger partial charge in [-0.15, -0.1) is 0 Å². The van der Waals surface area contributed by atoms with E-state index in [1.54, 1.807) is 0 Å². The van der Waals surface area contributed by atoms with Crippen LogP contribution in [0.3, 0.4) is 0 Å². The standard InChI is InChI=1S/C58H57N3/c1-6-10-24-45(25-21-30-48(23-8-3)61-56-36-19-17-33-52(56)53-34-18-20-37-57(53)61)41-40-44(9-4)39-38-43(5)58-59-54(50(31-11-7-2)47-26-13-12-14-27-47)42-55(60-58)51-35-22-29-46-28-15-16-32-49(46)51/h6-7,10-24,26,28-39,41-42,55H,1-2,8-9,25,27,40H2,3-5H3,(H,59,60)/b24-10-,30-21-,31-11-,43-38+,44-39+,45-41+,48-23+,50-47+/t55-/m1/s1. The molecule has 0 fully saturated rings. The fourth-order valence-corrected chi connectivity index (χ4v) is 8.09. The number of hydrogen-bond acceptors (Lipinski definition) is 2. The molecule has 1 aliphatic heterocycles. The number of allylic oxidation sites excluding steroid dienone is 20. The van der Waals surface area contributed by atoms with Crippen molar-refractivity contribution in [1.82, 2.24) is 9.88 Å². The number of amidine groups is 1. The minimum atomic E-state index is -0.163. The molecular weight excluding hydrogens is 739 g/mol. The Balaban J connectivity index is 1.16. The summed E-state index contributed by atoms with van der Waals surface area (Å²) in [6.45, 7) is 14.5. The van der Waals surface area contributed by atoms with Crippen molar-refractivity contribution in [2.45, 2.75) is 58.9 Å². The molecule has 1 atom stereocenters. The highest BCUT2D eigenvalue weighted by Gasteiger charge is 2.22. The number of aliphatic imine (C=N–C) groups is 1. The fourth-order valence-electron chi connectivity index (χ4n) is 8.09. The van der Waals surface area contributed by atoms with Gasteiger partial charge in [0.05, 0.1) is 17.1 Å². The molecule has 1 aliphatic carbocycles. The quantitative estimate of drug-likeness (QED) is 0.0991. The Kier molecular flexibility index (Phi) is 14.4. The molecule has 0 unspecified atom stereocenters. The first-order valence-corrected chi connectivity index (χ1v) is 21.6. The number of para-hydroxylation sites is 2. The van der Waals surface area contributed by atoms with Gasteiger partial charge < -0.3 is 9.88 Å². The summed E-state index contributed by atoms with van der Waals surface area (Å²) >= 11 is 0. The molecule has 5 aromatic rings. The summed E-state index contributed by atoms with van der Waals surface area (Å²) in [6.07, 6.45) is 41.1. The zero-order valence-corrected chi connectivity index (χ0v) is 35.9. The smallest absolute Gasteiger partial charge is 0.129 e. The van der Waals surface area contributed by atoms with Crippen LogP contribution in [0.1, 0.15) is 64.5 Å². The van der Waals surface area contributed by atoms with Crippen molar-refractivity contribution in [1.29, 1.82) is 0 Å². The van der Waals surface area contributed by atoms with Gasteiger partial charge in [-0.05, 0) is 96.4 Å². The predicted octanol–water partition coefficient (Wildman–Crippen LogP) is 15.7. The van der Waals surface area contributed by atoms with Gasteiger partial charge in [-0.3, -0.25) is 4.99 Å². The highest BCUT2D eigenvalue weighted by atomic mass is 15.0. The van der Waals surface area contributed by atoms with E-state index in [9.17, 15) is 0 Å². The second kappa shape index (κ2) is 20.8. The van der Waals surface area contributed by atoms with Crippen LogP contribution in [0.15, 0.2) is 246 Å². The van der Waals surface area contributed by atoms with E-state index in [1.165, 1.54) is 60.6 Å². The molecular formula is C58H57N3. The first-order valence-electron chi connectivity index (χ1n) is 21.6. The molecule has 2 aliphatic rings. The summed E-state index contributed by atoms with van der Waals surface area (Å²) in [5.41, 5.74) is 11.9. The number of aromatic nitrogens is 1. The second-order valence-corrected chi connectivity index (χ2v) is 15.3. The monoisotopic (exact) mass is 795 g/mol. The topological polar surface area (TPSA) is 29.3 Å². The van der Waals surface area contributed by atoms with Gasteiger partial charge in [-0.1, -0.05) is 203 Å². The number of hydrogen-bond donors (Lipinski definition) is 1. The van der Waals surface area contributed by atoms with Gasteiger partial charge in [-0.2, -0.15) is 0 Å². The molecule has 0 spiro atoms. The summed E-state index contributed by atoms with van der Waals surface area (Å²) in [7, 11) is 0.